The Hall–Kier alpha value is -1.95. The first-order chi connectivity index (χ1) is 9.29. The average Bonchev–Trinajstić information content (AvgIpc) is 2.96. The van der Waals surface area contributed by atoms with Gasteiger partial charge >= 0.3 is 0 Å². The zero-order chi connectivity index (χ0) is 13.5. The summed E-state index contributed by atoms with van der Waals surface area (Å²) in [5, 5.41) is 17.1. The van der Waals surface area contributed by atoms with Crippen molar-refractivity contribution in [1.29, 1.82) is 0 Å². The predicted molar refractivity (Wildman–Crippen MR) is 71.7 cm³/mol. The summed E-state index contributed by atoms with van der Waals surface area (Å²) in [5.74, 6) is 1.57. The molecule has 0 saturated carbocycles. The van der Waals surface area contributed by atoms with Gasteiger partial charge in [0, 0.05) is 6.04 Å². The van der Waals surface area contributed by atoms with Crippen molar-refractivity contribution < 1.29 is 4.74 Å². The highest BCUT2D eigenvalue weighted by Gasteiger charge is 2.06. The van der Waals surface area contributed by atoms with Gasteiger partial charge in [-0.05, 0) is 31.0 Å². The molecule has 6 nitrogen and oxygen atoms in total. The van der Waals surface area contributed by atoms with E-state index in [0.717, 1.165) is 18.8 Å². The number of aromatic amines is 1. The first kappa shape index (κ1) is 13.5. The first-order valence-electron chi connectivity index (χ1n) is 6.48. The van der Waals surface area contributed by atoms with Crippen molar-refractivity contribution in [2.45, 2.75) is 32.9 Å². The summed E-state index contributed by atoms with van der Waals surface area (Å²) in [6.45, 7) is 5.54. The number of nitrogens with one attached hydrogen (secondary N) is 2. The van der Waals surface area contributed by atoms with E-state index in [4.69, 9.17) is 4.74 Å². The molecule has 0 aliphatic rings. The predicted octanol–water partition coefficient (Wildman–Crippen LogP) is 1.84. The second-order valence-corrected chi connectivity index (χ2v) is 4.35. The fourth-order valence-electron chi connectivity index (χ4n) is 1.69. The monoisotopic (exact) mass is 261 g/mol. The van der Waals surface area contributed by atoms with Crippen molar-refractivity contribution in [3.63, 3.8) is 0 Å². The third kappa shape index (κ3) is 4.03. The Balaban J connectivity index is 1.86. The molecule has 1 unspecified atom stereocenters. The third-order valence-corrected chi connectivity index (χ3v) is 2.81. The van der Waals surface area contributed by atoms with Crippen LogP contribution in [0.3, 0.4) is 0 Å². The Morgan fingerprint density at radius 2 is 2.11 bits per heavy atom. The molecule has 0 amide bonds. The number of hydrogen-bond acceptors (Lipinski definition) is 5. The van der Waals surface area contributed by atoms with Gasteiger partial charge in [-0.2, -0.15) is 5.21 Å². The molecule has 1 aromatic carbocycles. The molecule has 19 heavy (non-hydrogen) atoms. The molecular weight excluding hydrogens is 242 g/mol. The lowest BCUT2D eigenvalue weighted by molar-refractivity contribution is 0.317. The maximum Gasteiger partial charge on any atom is 0.188 e. The second-order valence-electron chi connectivity index (χ2n) is 4.35. The molecule has 2 aromatic rings. The molecule has 1 heterocycles. The van der Waals surface area contributed by atoms with Gasteiger partial charge in [0.1, 0.15) is 5.75 Å². The van der Waals surface area contributed by atoms with Gasteiger partial charge in [0.15, 0.2) is 5.82 Å². The second kappa shape index (κ2) is 6.84. The normalized spacial score (nSPS) is 12.3. The number of ether oxygens (including phenoxy) is 1. The number of hydrogen-bond donors (Lipinski definition) is 2. The first-order valence-corrected chi connectivity index (χ1v) is 6.48. The highest BCUT2D eigenvalue weighted by atomic mass is 16.5. The Morgan fingerprint density at radius 1 is 1.32 bits per heavy atom. The lowest BCUT2D eigenvalue weighted by atomic mass is 10.1. The molecule has 0 aliphatic carbocycles. The standard InChI is InChI=1S/C13H19N5O/c1-3-8-19-12-6-4-11(5-7-12)10(2)14-9-13-15-17-18-16-13/h4-7,10,14H,3,8-9H2,1-2H3,(H,15,16,17,18). The molecule has 102 valence electrons. The lowest BCUT2D eigenvalue weighted by Gasteiger charge is -2.13. The van der Waals surface area contributed by atoms with E-state index in [1.165, 1.54) is 5.56 Å². The van der Waals surface area contributed by atoms with E-state index in [2.05, 4.69) is 51.9 Å². The Labute approximate surface area is 112 Å². The fourth-order valence-corrected chi connectivity index (χ4v) is 1.69. The molecule has 0 fully saturated rings. The SMILES string of the molecule is CCCOc1ccc(C(C)NCc2nn[nH]n2)cc1. The summed E-state index contributed by atoms with van der Waals surface area (Å²) in [5.41, 5.74) is 1.20. The van der Waals surface area contributed by atoms with Crippen LogP contribution in [0.4, 0.5) is 0 Å². The number of benzene rings is 1. The molecule has 0 bridgehead atoms. The van der Waals surface area contributed by atoms with Gasteiger partial charge in [0.2, 0.25) is 0 Å². The van der Waals surface area contributed by atoms with E-state index in [0.29, 0.717) is 12.4 Å². The molecule has 1 atom stereocenters. The number of aromatic nitrogens is 4. The fraction of sp³-hybridized carbons (Fsp3) is 0.462. The summed E-state index contributed by atoms with van der Waals surface area (Å²) in [7, 11) is 0. The van der Waals surface area contributed by atoms with Gasteiger partial charge in [-0.1, -0.05) is 24.3 Å². The number of nitrogens with zero attached hydrogens (tertiary/aromatic N) is 3. The summed E-state index contributed by atoms with van der Waals surface area (Å²) in [6, 6.07) is 8.35. The quantitative estimate of drug-likeness (QED) is 0.795. The zero-order valence-corrected chi connectivity index (χ0v) is 11.3. The van der Waals surface area contributed by atoms with Crippen LogP contribution >= 0.6 is 0 Å². The zero-order valence-electron chi connectivity index (χ0n) is 11.3. The van der Waals surface area contributed by atoms with E-state index in [1.807, 2.05) is 12.1 Å². The number of H-pyrrole nitrogens is 1. The van der Waals surface area contributed by atoms with Crippen LogP contribution in [0.15, 0.2) is 24.3 Å². The lowest BCUT2D eigenvalue weighted by Crippen LogP contribution is -2.18. The Morgan fingerprint density at radius 3 is 2.74 bits per heavy atom. The van der Waals surface area contributed by atoms with Crippen molar-refractivity contribution >= 4 is 0 Å². The van der Waals surface area contributed by atoms with Gasteiger partial charge in [-0.25, -0.2) is 0 Å². The highest BCUT2D eigenvalue weighted by molar-refractivity contribution is 5.28. The van der Waals surface area contributed by atoms with Crippen molar-refractivity contribution in [2.75, 3.05) is 6.61 Å². The summed E-state index contributed by atoms with van der Waals surface area (Å²) < 4.78 is 5.56. The minimum Gasteiger partial charge on any atom is -0.494 e. The third-order valence-electron chi connectivity index (χ3n) is 2.81. The smallest absolute Gasteiger partial charge is 0.188 e. The van der Waals surface area contributed by atoms with E-state index in [-0.39, 0.29) is 6.04 Å². The Bertz CT molecular complexity index is 468. The minimum atomic E-state index is 0.221. The van der Waals surface area contributed by atoms with Gasteiger partial charge in [0.05, 0.1) is 13.2 Å². The molecule has 1 aromatic heterocycles. The van der Waals surface area contributed by atoms with Gasteiger partial charge < -0.3 is 10.1 Å². The largest absolute Gasteiger partial charge is 0.494 e. The molecule has 0 saturated heterocycles. The summed E-state index contributed by atoms with van der Waals surface area (Å²) in [4.78, 5) is 0. The molecule has 0 radical (unpaired) electrons. The molecule has 0 aliphatic heterocycles. The van der Waals surface area contributed by atoms with Crippen LogP contribution < -0.4 is 10.1 Å². The van der Waals surface area contributed by atoms with Crippen molar-refractivity contribution in [3.8, 4) is 5.75 Å². The molecule has 6 heteroatoms. The van der Waals surface area contributed by atoms with Crippen LogP contribution in [0.1, 0.15) is 37.7 Å². The van der Waals surface area contributed by atoms with Crippen LogP contribution in [-0.2, 0) is 6.54 Å². The van der Waals surface area contributed by atoms with Gasteiger partial charge in [-0.15, -0.1) is 10.2 Å². The van der Waals surface area contributed by atoms with Crippen LogP contribution in [0.5, 0.6) is 5.75 Å². The van der Waals surface area contributed by atoms with Gasteiger partial charge in [0.25, 0.3) is 0 Å². The molecular formula is C13H19N5O. The number of tetrazole rings is 1. The highest BCUT2D eigenvalue weighted by Crippen LogP contribution is 2.17. The summed E-state index contributed by atoms with van der Waals surface area (Å²) in [6.07, 6.45) is 1.02. The van der Waals surface area contributed by atoms with Crippen LogP contribution in [0, 0.1) is 0 Å². The van der Waals surface area contributed by atoms with Gasteiger partial charge in [-0.3, -0.25) is 0 Å². The minimum absolute atomic E-state index is 0.221. The molecule has 2 rings (SSSR count). The van der Waals surface area contributed by atoms with E-state index in [1.54, 1.807) is 0 Å². The van der Waals surface area contributed by atoms with E-state index < -0.39 is 0 Å². The van der Waals surface area contributed by atoms with E-state index >= 15 is 0 Å². The van der Waals surface area contributed by atoms with E-state index in [9.17, 15) is 0 Å². The number of rotatable bonds is 7. The summed E-state index contributed by atoms with van der Waals surface area (Å²) >= 11 is 0. The van der Waals surface area contributed by atoms with Crippen molar-refractivity contribution in [2.24, 2.45) is 0 Å². The van der Waals surface area contributed by atoms with Crippen LogP contribution in [0.25, 0.3) is 0 Å². The maximum atomic E-state index is 5.56. The topological polar surface area (TPSA) is 75.7 Å². The van der Waals surface area contributed by atoms with Crippen LogP contribution in [0.2, 0.25) is 0 Å². The van der Waals surface area contributed by atoms with Crippen LogP contribution in [-0.4, -0.2) is 27.2 Å². The van der Waals surface area contributed by atoms with Crippen molar-refractivity contribution in [1.82, 2.24) is 25.9 Å². The molecule has 2 N–H and O–H groups in total. The molecule has 0 spiro atoms. The average molecular weight is 261 g/mol. The van der Waals surface area contributed by atoms with Crippen molar-refractivity contribution in [3.05, 3.63) is 35.7 Å². The Kier molecular flexibility index (Phi) is 4.85. The maximum absolute atomic E-state index is 5.56.